The highest BCUT2D eigenvalue weighted by atomic mass is 19.1. The number of hydrogen-bond donors (Lipinski definition) is 2. The van der Waals surface area contributed by atoms with E-state index in [0.717, 1.165) is 0 Å². The van der Waals surface area contributed by atoms with E-state index >= 15 is 0 Å². The van der Waals surface area contributed by atoms with Gasteiger partial charge in [-0.25, -0.2) is 4.39 Å². The summed E-state index contributed by atoms with van der Waals surface area (Å²) in [6.45, 7) is 1.75. The Bertz CT molecular complexity index is 384. The molecule has 0 saturated heterocycles. The van der Waals surface area contributed by atoms with E-state index in [1.807, 2.05) is 6.07 Å². The SMILES string of the molecule is Cc1cccc(C2(N)CCC(O)CC2)c1F. The zero-order valence-corrected chi connectivity index (χ0v) is 9.54. The Morgan fingerprint density at radius 3 is 2.62 bits per heavy atom. The molecule has 1 aliphatic carbocycles. The molecule has 1 saturated carbocycles. The minimum absolute atomic E-state index is 0.193. The van der Waals surface area contributed by atoms with E-state index in [-0.39, 0.29) is 11.9 Å². The van der Waals surface area contributed by atoms with Gasteiger partial charge in [0.2, 0.25) is 0 Å². The predicted molar refractivity (Wildman–Crippen MR) is 61.5 cm³/mol. The van der Waals surface area contributed by atoms with Gasteiger partial charge < -0.3 is 10.8 Å². The van der Waals surface area contributed by atoms with Gasteiger partial charge >= 0.3 is 0 Å². The second-order valence-corrected chi connectivity index (χ2v) is 4.82. The molecule has 1 aliphatic rings. The summed E-state index contributed by atoms with van der Waals surface area (Å²) in [5.41, 5.74) is 6.89. The first kappa shape index (κ1) is 11.6. The summed E-state index contributed by atoms with van der Waals surface area (Å²) in [7, 11) is 0. The molecule has 0 aromatic heterocycles. The van der Waals surface area contributed by atoms with E-state index in [4.69, 9.17) is 5.73 Å². The van der Waals surface area contributed by atoms with Crippen LogP contribution in [-0.4, -0.2) is 11.2 Å². The van der Waals surface area contributed by atoms with Gasteiger partial charge in [-0.15, -0.1) is 0 Å². The normalized spacial score (nSPS) is 30.4. The van der Waals surface area contributed by atoms with Crippen LogP contribution in [0.2, 0.25) is 0 Å². The molecule has 2 nitrogen and oxygen atoms in total. The maximum absolute atomic E-state index is 14.0. The third-order valence-corrected chi connectivity index (χ3v) is 3.58. The third-order valence-electron chi connectivity index (χ3n) is 3.58. The fourth-order valence-electron chi connectivity index (χ4n) is 2.42. The molecule has 0 amide bonds. The van der Waals surface area contributed by atoms with E-state index in [2.05, 4.69) is 0 Å². The van der Waals surface area contributed by atoms with E-state index in [1.165, 1.54) is 0 Å². The second-order valence-electron chi connectivity index (χ2n) is 4.82. The highest BCUT2D eigenvalue weighted by molar-refractivity contribution is 5.31. The van der Waals surface area contributed by atoms with E-state index in [0.29, 0.717) is 36.8 Å². The zero-order chi connectivity index (χ0) is 11.8. The van der Waals surface area contributed by atoms with Gasteiger partial charge in [0, 0.05) is 11.1 Å². The number of rotatable bonds is 1. The predicted octanol–water partition coefficient (Wildman–Crippen LogP) is 2.22. The van der Waals surface area contributed by atoms with Crippen molar-refractivity contribution < 1.29 is 9.50 Å². The number of halogens is 1. The molecule has 1 fully saturated rings. The van der Waals surface area contributed by atoms with Crippen LogP contribution >= 0.6 is 0 Å². The molecule has 0 unspecified atom stereocenters. The number of nitrogens with two attached hydrogens (primary N) is 1. The van der Waals surface area contributed by atoms with E-state index in [9.17, 15) is 9.50 Å². The van der Waals surface area contributed by atoms with Crippen LogP contribution in [0.1, 0.15) is 36.8 Å². The first-order chi connectivity index (χ1) is 7.53. The lowest BCUT2D eigenvalue weighted by atomic mass is 9.76. The summed E-state index contributed by atoms with van der Waals surface area (Å²) in [4.78, 5) is 0. The molecule has 0 aliphatic heterocycles. The van der Waals surface area contributed by atoms with Gasteiger partial charge in [0.15, 0.2) is 0 Å². The number of aryl methyl sites for hydroxylation is 1. The maximum Gasteiger partial charge on any atom is 0.131 e. The van der Waals surface area contributed by atoms with Gasteiger partial charge in [-0.1, -0.05) is 18.2 Å². The van der Waals surface area contributed by atoms with Gasteiger partial charge in [0.1, 0.15) is 5.82 Å². The lowest BCUT2D eigenvalue weighted by molar-refractivity contribution is 0.0957. The molecule has 0 bridgehead atoms. The van der Waals surface area contributed by atoms with Crippen molar-refractivity contribution in [2.75, 3.05) is 0 Å². The van der Waals surface area contributed by atoms with Gasteiger partial charge in [0.25, 0.3) is 0 Å². The van der Waals surface area contributed by atoms with E-state index < -0.39 is 5.54 Å². The molecule has 16 heavy (non-hydrogen) atoms. The molecule has 3 N–H and O–H groups in total. The van der Waals surface area contributed by atoms with Crippen molar-refractivity contribution in [2.45, 2.75) is 44.2 Å². The standard InChI is InChI=1S/C13H18FNO/c1-9-3-2-4-11(12(9)14)13(15)7-5-10(16)6-8-13/h2-4,10,16H,5-8,15H2,1H3. The monoisotopic (exact) mass is 223 g/mol. The first-order valence-corrected chi connectivity index (χ1v) is 5.75. The molecule has 3 heteroatoms. The lowest BCUT2D eigenvalue weighted by Crippen LogP contribution is -2.42. The van der Waals surface area contributed by atoms with Crippen LogP contribution < -0.4 is 5.73 Å². The van der Waals surface area contributed by atoms with Crippen LogP contribution in [0, 0.1) is 12.7 Å². The number of benzene rings is 1. The average molecular weight is 223 g/mol. The molecule has 0 heterocycles. The molecule has 0 spiro atoms. The largest absolute Gasteiger partial charge is 0.393 e. The van der Waals surface area contributed by atoms with Crippen LogP contribution in [0.25, 0.3) is 0 Å². The van der Waals surface area contributed by atoms with Gasteiger partial charge in [-0.2, -0.15) is 0 Å². The Hall–Kier alpha value is -0.930. The summed E-state index contributed by atoms with van der Waals surface area (Å²) in [5, 5.41) is 9.46. The summed E-state index contributed by atoms with van der Waals surface area (Å²) < 4.78 is 14.0. The summed E-state index contributed by atoms with van der Waals surface area (Å²) in [5.74, 6) is -0.193. The fraction of sp³-hybridized carbons (Fsp3) is 0.538. The topological polar surface area (TPSA) is 46.2 Å². The Morgan fingerprint density at radius 1 is 1.38 bits per heavy atom. The lowest BCUT2D eigenvalue weighted by Gasteiger charge is -2.36. The van der Waals surface area contributed by atoms with Gasteiger partial charge in [-0.3, -0.25) is 0 Å². The Morgan fingerprint density at radius 2 is 2.00 bits per heavy atom. The van der Waals surface area contributed by atoms with Gasteiger partial charge in [-0.05, 0) is 38.2 Å². The van der Waals surface area contributed by atoms with Crippen molar-refractivity contribution in [1.82, 2.24) is 0 Å². The van der Waals surface area contributed by atoms with Crippen LogP contribution in [-0.2, 0) is 5.54 Å². The van der Waals surface area contributed by atoms with Crippen molar-refractivity contribution in [3.63, 3.8) is 0 Å². The van der Waals surface area contributed by atoms with Crippen LogP contribution in [0.4, 0.5) is 4.39 Å². The second kappa shape index (κ2) is 4.15. The van der Waals surface area contributed by atoms with Crippen molar-refractivity contribution in [3.05, 3.63) is 35.1 Å². The van der Waals surface area contributed by atoms with Crippen molar-refractivity contribution in [3.8, 4) is 0 Å². The van der Waals surface area contributed by atoms with Crippen LogP contribution in [0.5, 0.6) is 0 Å². The summed E-state index contributed by atoms with van der Waals surface area (Å²) in [6.07, 6.45) is 2.33. The van der Waals surface area contributed by atoms with E-state index in [1.54, 1.807) is 19.1 Å². The van der Waals surface area contributed by atoms with Gasteiger partial charge in [0.05, 0.1) is 6.10 Å². The highest BCUT2D eigenvalue weighted by Crippen LogP contribution is 2.36. The fourth-order valence-corrected chi connectivity index (χ4v) is 2.42. The Balaban J connectivity index is 2.32. The molecule has 1 aromatic rings. The minimum Gasteiger partial charge on any atom is -0.393 e. The smallest absolute Gasteiger partial charge is 0.131 e. The quantitative estimate of drug-likeness (QED) is 0.767. The molecule has 2 rings (SSSR count). The molecule has 1 aromatic carbocycles. The molecule has 88 valence electrons. The molecular formula is C13H18FNO. The maximum atomic E-state index is 14.0. The highest BCUT2D eigenvalue weighted by Gasteiger charge is 2.34. The Labute approximate surface area is 95.3 Å². The van der Waals surface area contributed by atoms with Crippen LogP contribution in [0.15, 0.2) is 18.2 Å². The Kier molecular flexibility index (Phi) is 3.00. The minimum atomic E-state index is -0.602. The van der Waals surface area contributed by atoms with Crippen molar-refractivity contribution in [1.29, 1.82) is 0 Å². The number of hydrogen-bond acceptors (Lipinski definition) is 2. The molecule has 0 atom stereocenters. The molecular weight excluding hydrogens is 205 g/mol. The zero-order valence-electron chi connectivity index (χ0n) is 9.54. The number of aliphatic hydroxyl groups is 1. The average Bonchev–Trinajstić information content (AvgIpc) is 2.27. The van der Waals surface area contributed by atoms with Crippen molar-refractivity contribution in [2.24, 2.45) is 5.73 Å². The van der Waals surface area contributed by atoms with Crippen LogP contribution in [0.3, 0.4) is 0 Å². The number of aliphatic hydroxyl groups excluding tert-OH is 1. The molecule has 0 radical (unpaired) electrons. The summed E-state index contributed by atoms with van der Waals surface area (Å²) >= 11 is 0. The third kappa shape index (κ3) is 1.97. The first-order valence-electron chi connectivity index (χ1n) is 5.75. The summed E-state index contributed by atoms with van der Waals surface area (Å²) in [6, 6.07) is 5.35. The van der Waals surface area contributed by atoms with Crippen molar-refractivity contribution >= 4 is 0 Å².